The van der Waals surface area contributed by atoms with Crippen LogP contribution in [0.5, 0.6) is 5.75 Å². The van der Waals surface area contributed by atoms with Crippen LogP contribution in [0.2, 0.25) is 0 Å². The minimum Gasteiger partial charge on any atom is -0.497 e. The number of ether oxygens (including phenoxy) is 2. The smallest absolute Gasteiger partial charge is 0.306 e. The highest BCUT2D eigenvalue weighted by Gasteiger charge is 2.22. The first-order valence-electron chi connectivity index (χ1n) is 11.8. The molecule has 0 radical (unpaired) electrons. The number of benzene rings is 2. The average molecular weight is 496 g/mol. The minimum atomic E-state index is -0.477. The molecule has 0 bridgehead atoms. The van der Waals surface area contributed by atoms with Crippen LogP contribution in [0.15, 0.2) is 48.5 Å². The van der Waals surface area contributed by atoms with Crippen molar-refractivity contribution >= 4 is 28.3 Å². The quantitative estimate of drug-likeness (QED) is 0.324. The van der Waals surface area contributed by atoms with Crippen LogP contribution in [0.3, 0.4) is 0 Å². The van der Waals surface area contributed by atoms with Crippen molar-refractivity contribution < 1.29 is 19.1 Å². The van der Waals surface area contributed by atoms with Gasteiger partial charge >= 0.3 is 5.97 Å². The van der Waals surface area contributed by atoms with Crippen molar-refractivity contribution in [3.63, 3.8) is 0 Å². The Labute approximate surface area is 211 Å². The Morgan fingerprint density at radius 3 is 2.46 bits per heavy atom. The maximum atomic E-state index is 13.3. The van der Waals surface area contributed by atoms with Gasteiger partial charge in [0.25, 0.3) is 5.91 Å². The van der Waals surface area contributed by atoms with Crippen molar-refractivity contribution in [3.8, 4) is 16.3 Å². The molecule has 1 amide bonds. The van der Waals surface area contributed by atoms with E-state index in [-0.39, 0.29) is 11.9 Å². The first-order valence-corrected chi connectivity index (χ1v) is 12.6. The number of amides is 1. The van der Waals surface area contributed by atoms with E-state index in [1.54, 1.807) is 30.2 Å². The SMILES string of the molecule is CCCCN(C(=O)c1cccc(OC)c1)c1nnc(-c2ccc(CCC(=O)OC(C)(C)C)cc2)s1. The summed E-state index contributed by atoms with van der Waals surface area (Å²) < 4.78 is 10.6. The van der Waals surface area contributed by atoms with E-state index in [1.165, 1.54) is 11.3 Å². The van der Waals surface area contributed by atoms with Crippen molar-refractivity contribution in [2.24, 2.45) is 0 Å². The fraction of sp³-hybridized carbons (Fsp3) is 0.407. The van der Waals surface area contributed by atoms with Gasteiger partial charge in [0.15, 0.2) is 0 Å². The number of unbranched alkanes of at least 4 members (excludes halogenated alkanes) is 1. The van der Waals surface area contributed by atoms with Crippen LogP contribution in [0.1, 0.15) is 62.9 Å². The number of nitrogens with zero attached hydrogens (tertiary/aromatic N) is 3. The number of aryl methyl sites for hydroxylation is 1. The molecule has 0 aliphatic rings. The summed E-state index contributed by atoms with van der Waals surface area (Å²) >= 11 is 1.39. The van der Waals surface area contributed by atoms with Gasteiger partial charge in [0.05, 0.1) is 7.11 Å². The molecule has 0 saturated carbocycles. The molecule has 0 atom stereocenters. The first-order chi connectivity index (χ1) is 16.7. The van der Waals surface area contributed by atoms with Crippen LogP contribution in [0.25, 0.3) is 10.6 Å². The predicted molar refractivity (Wildman–Crippen MR) is 139 cm³/mol. The average Bonchev–Trinajstić information content (AvgIpc) is 3.32. The van der Waals surface area contributed by atoms with Gasteiger partial charge in [-0.25, -0.2) is 0 Å². The van der Waals surface area contributed by atoms with Gasteiger partial charge in [-0.3, -0.25) is 14.5 Å². The standard InChI is InChI=1S/C27H33N3O4S/c1-6-7-17-30(25(32)21-9-8-10-22(18-21)33-5)26-29-28-24(35-26)20-14-11-19(12-15-20)13-16-23(31)34-27(2,3)4/h8-12,14-15,18H,6-7,13,16-17H2,1-5H3. The van der Waals surface area contributed by atoms with Crippen molar-refractivity contribution in [2.75, 3.05) is 18.6 Å². The number of anilines is 1. The molecule has 186 valence electrons. The third kappa shape index (κ3) is 7.62. The number of aromatic nitrogens is 2. The van der Waals surface area contributed by atoms with Gasteiger partial charge in [0.2, 0.25) is 5.13 Å². The van der Waals surface area contributed by atoms with Crippen LogP contribution in [-0.2, 0) is 16.0 Å². The lowest BCUT2D eigenvalue weighted by Crippen LogP contribution is -2.31. The number of methoxy groups -OCH3 is 1. The van der Waals surface area contributed by atoms with Gasteiger partial charge in [-0.05, 0) is 57.4 Å². The number of carbonyl (C=O) groups is 2. The molecular formula is C27H33N3O4S. The highest BCUT2D eigenvalue weighted by Crippen LogP contribution is 2.30. The lowest BCUT2D eigenvalue weighted by molar-refractivity contribution is -0.154. The molecule has 35 heavy (non-hydrogen) atoms. The number of rotatable bonds is 10. The second-order valence-corrected chi connectivity index (χ2v) is 10.2. The second-order valence-electron chi connectivity index (χ2n) is 9.22. The summed E-state index contributed by atoms with van der Waals surface area (Å²) in [6.45, 7) is 8.24. The van der Waals surface area contributed by atoms with Crippen molar-refractivity contribution in [2.45, 2.75) is 59.0 Å². The number of carbonyl (C=O) groups excluding carboxylic acids is 2. The molecule has 0 N–H and O–H groups in total. The largest absolute Gasteiger partial charge is 0.497 e. The van der Waals surface area contributed by atoms with E-state index in [0.29, 0.717) is 35.8 Å². The maximum Gasteiger partial charge on any atom is 0.306 e. The summed E-state index contributed by atoms with van der Waals surface area (Å²) in [5.74, 6) is 0.303. The Bertz CT molecular complexity index is 1140. The molecule has 8 heteroatoms. The third-order valence-corrected chi connectivity index (χ3v) is 6.18. The zero-order valence-corrected chi connectivity index (χ0v) is 21.9. The fourth-order valence-electron chi connectivity index (χ4n) is 3.41. The second kappa shape index (κ2) is 11.9. The van der Waals surface area contributed by atoms with E-state index < -0.39 is 5.60 Å². The maximum absolute atomic E-state index is 13.3. The molecule has 3 aromatic rings. The minimum absolute atomic E-state index is 0.127. The zero-order chi connectivity index (χ0) is 25.4. The molecule has 0 spiro atoms. The predicted octanol–water partition coefficient (Wildman–Crippen LogP) is 5.93. The van der Waals surface area contributed by atoms with Gasteiger partial charge in [-0.2, -0.15) is 0 Å². The monoisotopic (exact) mass is 495 g/mol. The Hall–Kier alpha value is -3.26. The topological polar surface area (TPSA) is 81.6 Å². The first kappa shape index (κ1) is 26.3. The molecular weight excluding hydrogens is 462 g/mol. The van der Waals surface area contributed by atoms with Crippen molar-refractivity contribution in [3.05, 3.63) is 59.7 Å². The van der Waals surface area contributed by atoms with E-state index in [2.05, 4.69) is 17.1 Å². The molecule has 7 nitrogen and oxygen atoms in total. The lowest BCUT2D eigenvalue weighted by atomic mass is 10.1. The van der Waals surface area contributed by atoms with Gasteiger partial charge < -0.3 is 9.47 Å². The van der Waals surface area contributed by atoms with Gasteiger partial charge in [-0.1, -0.05) is 55.0 Å². The van der Waals surface area contributed by atoms with Gasteiger partial charge in [0, 0.05) is 24.1 Å². The molecule has 0 saturated heterocycles. The Kier molecular flexibility index (Phi) is 8.98. The summed E-state index contributed by atoms with van der Waals surface area (Å²) in [5.41, 5.74) is 2.03. The van der Waals surface area contributed by atoms with Gasteiger partial charge in [-0.15, -0.1) is 10.2 Å². The Balaban J connectivity index is 1.72. The van der Waals surface area contributed by atoms with Crippen LogP contribution in [0.4, 0.5) is 5.13 Å². The molecule has 1 aromatic heterocycles. The normalized spacial score (nSPS) is 11.2. The zero-order valence-electron chi connectivity index (χ0n) is 21.0. The summed E-state index contributed by atoms with van der Waals surface area (Å²) in [6.07, 6.45) is 2.75. The molecule has 2 aromatic carbocycles. The van der Waals surface area contributed by atoms with Crippen LogP contribution >= 0.6 is 11.3 Å². The Morgan fingerprint density at radius 2 is 1.80 bits per heavy atom. The van der Waals surface area contributed by atoms with E-state index in [1.807, 2.05) is 51.1 Å². The van der Waals surface area contributed by atoms with E-state index in [4.69, 9.17) is 9.47 Å². The van der Waals surface area contributed by atoms with E-state index in [0.717, 1.165) is 29.0 Å². The molecule has 0 fully saturated rings. The van der Waals surface area contributed by atoms with E-state index >= 15 is 0 Å². The highest BCUT2D eigenvalue weighted by atomic mass is 32.1. The summed E-state index contributed by atoms with van der Waals surface area (Å²) in [4.78, 5) is 27.0. The lowest BCUT2D eigenvalue weighted by Gasteiger charge is -2.19. The number of hydrogen-bond donors (Lipinski definition) is 0. The molecule has 0 aliphatic carbocycles. The summed E-state index contributed by atoms with van der Waals surface area (Å²) in [7, 11) is 1.58. The molecule has 0 unspecified atom stereocenters. The molecule has 1 heterocycles. The highest BCUT2D eigenvalue weighted by molar-refractivity contribution is 7.18. The Morgan fingerprint density at radius 1 is 1.06 bits per heavy atom. The number of hydrogen-bond acceptors (Lipinski definition) is 7. The van der Waals surface area contributed by atoms with Gasteiger partial charge in [0.1, 0.15) is 16.4 Å². The van der Waals surface area contributed by atoms with Crippen LogP contribution < -0.4 is 9.64 Å². The van der Waals surface area contributed by atoms with Crippen LogP contribution in [-0.4, -0.2) is 41.3 Å². The molecule has 3 rings (SSSR count). The fourth-order valence-corrected chi connectivity index (χ4v) is 4.28. The summed E-state index contributed by atoms with van der Waals surface area (Å²) in [5, 5.41) is 9.98. The third-order valence-electron chi connectivity index (χ3n) is 5.18. The summed E-state index contributed by atoms with van der Waals surface area (Å²) in [6, 6.07) is 15.0. The van der Waals surface area contributed by atoms with Crippen LogP contribution in [0, 0.1) is 0 Å². The van der Waals surface area contributed by atoms with Crippen molar-refractivity contribution in [1.29, 1.82) is 0 Å². The number of esters is 1. The molecule has 0 aliphatic heterocycles. The van der Waals surface area contributed by atoms with Crippen molar-refractivity contribution in [1.82, 2.24) is 10.2 Å². The van der Waals surface area contributed by atoms with E-state index in [9.17, 15) is 9.59 Å².